The third kappa shape index (κ3) is 3.55. The first-order valence-electron chi connectivity index (χ1n) is 5.76. The third-order valence-corrected chi connectivity index (χ3v) is 4.09. The first-order chi connectivity index (χ1) is 8.97. The predicted molar refractivity (Wildman–Crippen MR) is 70.1 cm³/mol. The summed E-state index contributed by atoms with van der Waals surface area (Å²) in [5.41, 5.74) is 0. The van der Waals surface area contributed by atoms with Crippen LogP contribution in [-0.2, 0) is 16.6 Å². The maximum atomic E-state index is 12.1. The van der Waals surface area contributed by atoms with Gasteiger partial charge in [-0.3, -0.25) is 4.68 Å². The molecular formula is C12H15N3O3S. The fourth-order valence-electron chi connectivity index (χ4n) is 1.71. The van der Waals surface area contributed by atoms with Crippen LogP contribution in [0.3, 0.4) is 0 Å². The quantitative estimate of drug-likeness (QED) is 0.855. The molecular weight excluding hydrogens is 266 g/mol. The van der Waals surface area contributed by atoms with Crippen molar-refractivity contribution >= 4 is 10.0 Å². The van der Waals surface area contributed by atoms with Gasteiger partial charge in [0.1, 0.15) is 5.75 Å². The van der Waals surface area contributed by atoms with Crippen molar-refractivity contribution in [3.05, 3.63) is 42.7 Å². The summed E-state index contributed by atoms with van der Waals surface area (Å²) < 4.78 is 28.3. The normalized spacial score (nSPS) is 13.3. The molecule has 0 saturated heterocycles. The maximum Gasteiger partial charge on any atom is 0.241 e. The minimum absolute atomic E-state index is 0.0415. The molecule has 102 valence electrons. The molecule has 2 rings (SSSR count). The van der Waals surface area contributed by atoms with E-state index in [1.807, 2.05) is 0 Å². The second kappa shape index (κ2) is 5.41. The van der Waals surface area contributed by atoms with Crippen molar-refractivity contribution in [3.63, 3.8) is 0 Å². The van der Waals surface area contributed by atoms with E-state index in [4.69, 9.17) is 0 Å². The van der Waals surface area contributed by atoms with Crippen LogP contribution in [-0.4, -0.2) is 29.3 Å². The molecule has 0 bridgehead atoms. The SMILES string of the molecule is CC(Cn1cccn1)NS(=O)(=O)c1cccc(O)c1. The lowest BCUT2D eigenvalue weighted by atomic mass is 10.3. The van der Waals surface area contributed by atoms with Crippen molar-refractivity contribution in [2.75, 3.05) is 0 Å². The summed E-state index contributed by atoms with van der Waals surface area (Å²) in [7, 11) is -3.64. The molecule has 1 atom stereocenters. The molecule has 1 heterocycles. The smallest absolute Gasteiger partial charge is 0.241 e. The molecule has 2 aromatic rings. The van der Waals surface area contributed by atoms with E-state index in [1.54, 1.807) is 30.1 Å². The van der Waals surface area contributed by atoms with Crippen LogP contribution in [0, 0.1) is 0 Å². The molecule has 1 aromatic heterocycles. The highest BCUT2D eigenvalue weighted by Gasteiger charge is 2.17. The van der Waals surface area contributed by atoms with Crippen LogP contribution < -0.4 is 4.72 Å². The van der Waals surface area contributed by atoms with Crippen LogP contribution in [0.5, 0.6) is 5.75 Å². The van der Waals surface area contributed by atoms with Gasteiger partial charge in [-0.05, 0) is 31.2 Å². The molecule has 6 nitrogen and oxygen atoms in total. The zero-order chi connectivity index (χ0) is 13.9. The Morgan fingerprint density at radius 1 is 1.42 bits per heavy atom. The lowest BCUT2D eigenvalue weighted by Crippen LogP contribution is -2.35. The van der Waals surface area contributed by atoms with Crippen LogP contribution in [0.1, 0.15) is 6.92 Å². The standard InChI is InChI=1S/C12H15N3O3S/c1-10(9-15-7-3-6-13-15)14-19(17,18)12-5-2-4-11(16)8-12/h2-8,10,14,16H,9H2,1H3. The molecule has 7 heteroatoms. The Balaban J connectivity index is 2.09. The van der Waals surface area contributed by atoms with E-state index in [9.17, 15) is 13.5 Å². The van der Waals surface area contributed by atoms with Gasteiger partial charge in [0.15, 0.2) is 0 Å². The second-order valence-electron chi connectivity index (χ2n) is 4.25. The Morgan fingerprint density at radius 2 is 2.21 bits per heavy atom. The number of nitrogens with zero attached hydrogens (tertiary/aromatic N) is 2. The van der Waals surface area contributed by atoms with Crippen molar-refractivity contribution in [3.8, 4) is 5.75 Å². The maximum absolute atomic E-state index is 12.1. The summed E-state index contributed by atoms with van der Waals surface area (Å²) in [4.78, 5) is 0.0415. The molecule has 0 aliphatic carbocycles. The lowest BCUT2D eigenvalue weighted by Gasteiger charge is -2.14. The van der Waals surface area contributed by atoms with Crippen molar-refractivity contribution in [1.82, 2.24) is 14.5 Å². The predicted octanol–water partition coefficient (Wildman–Crippen LogP) is 0.956. The summed E-state index contributed by atoms with van der Waals surface area (Å²) in [5.74, 6) is -0.0809. The molecule has 0 radical (unpaired) electrons. The zero-order valence-electron chi connectivity index (χ0n) is 10.4. The summed E-state index contributed by atoms with van der Waals surface area (Å²) >= 11 is 0. The third-order valence-electron chi connectivity index (χ3n) is 2.50. The number of rotatable bonds is 5. The minimum Gasteiger partial charge on any atom is -0.508 e. The van der Waals surface area contributed by atoms with Gasteiger partial charge in [0.05, 0.1) is 11.4 Å². The number of phenolic OH excluding ortho intramolecular Hbond substituents is 1. The average molecular weight is 281 g/mol. The molecule has 0 saturated carbocycles. The van der Waals surface area contributed by atoms with E-state index < -0.39 is 10.0 Å². The van der Waals surface area contributed by atoms with Gasteiger partial charge < -0.3 is 5.11 Å². The highest BCUT2D eigenvalue weighted by atomic mass is 32.2. The highest BCUT2D eigenvalue weighted by molar-refractivity contribution is 7.89. The minimum atomic E-state index is -3.64. The van der Waals surface area contributed by atoms with E-state index in [2.05, 4.69) is 9.82 Å². The number of benzene rings is 1. The summed E-state index contributed by atoms with van der Waals surface area (Å²) in [6.07, 6.45) is 3.40. The fourth-order valence-corrected chi connectivity index (χ4v) is 2.98. The van der Waals surface area contributed by atoms with Crippen molar-refractivity contribution in [2.45, 2.75) is 24.4 Å². The summed E-state index contributed by atoms with van der Waals surface area (Å²) in [5, 5.41) is 13.3. The van der Waals surface area contributed by atoms with Crippen LogP contribution in [0.25, 0.3) is 0 Å². The van der Waals surface area contributed by atoms with Crippen molar-refractivity contribution < 1.29 is 13.5 Å². The van der Waals surface area contributed by atoms with Gasteiger partial charge in [-0.25, -0.2) is 13.1 Å². The number of aromatic hydroxyl groups is 1. The Labute approximate surface area is 111 Å². The van der Waals surface area contributed by atoms with Crippen LogP contribution in [0.15, 0.2) is 47.6 Å². The van der Waals surface area contributed by atoms with Gasteiger partial charge in [-0.15, -0.1) is 0 Å². The number of aromatic nitrogens is 2. The number of sulfonamides is 1. The molecule has 1 unspecified atom stereocenters. The van der Waals surface area contributed by atoms with E-state index in [-0.39, 0.29) is 16.7 Å². The summed E-state index contributed by atoms with van der Waals surface area (Å²) in [6, 6.07) is 7.02. The second-order valence-corrected chi connectivity index (χ2v) is 5.96. The molecule has 19 heavy (non-hydrogen) atoms. The largest absolute Gasteiger partial charge is 0.508 e. The number of phenols is 1. The van der Waals surface area contributed by atoms with E-state index in [1.165, 1.54) is 24.3 Å². The molecule has 0 aliphatic heterocycles. The van der Waals surface area contributed by atoms with E-state index in [0.29, 0.717) is 6.54 Å². The Morgan fingerprint density at radius 3 is 2.84 bits per heavy atom. The van der Waals surface area contributed by atoms with Gasteiger partial charge in [0, 0.05) is 18.4 Å². The molecule has 0 amide bonds. The first kappa shape index (κ1) is 13.6. The van der Waals surface area contributed by atoms with E-state index in [0.717, 1.165) is 0 Å². The molecule has 0 fully saturated rings. The Hall–Kier alpha value is -1.86. The fraction of sp³-hybridized carbons (Fsp3) is 0.250. The highest BCUT2D eigenvalue weighted by Crippen LogP contribution is 2.16. The molecule has 2 N–H and O–H groups in total. The topological polar surface area (TPSA) is 84.2 Å². The van der Waals surface area contributed by atoms with Crippen LogP contribution in [0.4, 0.5) is 0 Å². The first-order valence-corrected chi connectivity index (χ1v) is 7.24. The van der Waals surface area contributed by atoms with Crippen molar-refractivity contribution in [2.24, 2.45) is 0 Å². The average Bonchev–Trinajstić information content (AvgIpc) is 2.81. The van der Waals surface area contributed by atoms with Gasteiger partial charge in [-0.1, -0.05) is 6.07 Å². The van der Waals surface area contributed by atoms with Crippen LogP contribution >= 0.6 is 0 Å². The van der Waals surface area contributed by atoms with Crippen LogP contribution in [0.2, 0.25) is 0 Å². The molecule has 0 aliphatic rings. The monoisotopic (exact) mass is 281 g/mol. The van der Waals surface area contributed by atoms with Gasteiger partial charge in [-0.2, -0.15) is 5.10 Å². The Bertz CT molecular complexity index is 638. The number of hydrogen-bond acceptors (Lipinski definition) is 4. The molecule has 0 spiro atoms. The number of nitrogens with one attached hydrogen (secondary N) is 1. The van der Waals surface area contributed by atoms with Gasteiger partial charge >= 0.3 is 0 Å². The molecule has 1 aromatic carbocycles. The van der Waals surface area contributed by atoms with Gasteiger partial charge in [0.25, 0.3) is 0 Å². The summed E-state index contributed by atoms with van der Waals surface area (Å²) in [6.45, 7) is 2.19. The van der Waals surface area contributed by atoms with E-state index >= 15 is 0 Å². The lowest BCUT2D eigenvalue weighted by molar-refractivity contribution is 0.471. The van der Waals surface area contributed by atoms with Crippen molar-refractivity contribution in [1.29, 1.82) is 0 Å². The van der Waals surface area contributed by atoms with Gasteiger partial charge in [0.2, 0.25) is 10.0 Å². The zero-order valence-corrected chi connectivity index (χ0v) is 11.2. The number of hydrogen-bond donors (Lipinski definition) is 2. The Kier molecular flexibility index (Phi) is 3.87.